The molecule has 1 unspecified atom stereocenters. The highest BCUT2D eigenvalue weighted by molar-refractivity contribution is 6.30. The lowest BCUT2D eigenvalue weighted by atomic mass is 9.88. The van der Waals surface area contributed by atoms with E-state index >= 15 is 0 Å². The number of fused-ring (bicyclic) bond motifs is 1. The van der Waals surface area contributed by atoms with Crippen LogP contribution in [-0.4, -0.2) is 50.2 Å². The van der Waals surface area contributed by atoms with E-state index in [0.717, 1.165) is 0 Å². The average molecular weight is 467 g/mol. The molecular formula is C21H22ClF3N6O. The molecule has 3 aromatic rings. The van der Waals surface area contributed by atoms with Gasteiger partial charge in [-0.3, -0.25) is 9.78 Å². The van der Waals surface area contributed by atoms with Crippen LogP contribution >= 0.6 is 11.6 Å². The van der Waals surface area contributed by atoms with Gasteiger partial charge in [-0.25, -0.2) is 22.7 Å². The van der Waals surface area contributed by atoms with Crippen LogP contribution in [0.1, 0.15) is 37.0 Å². The van der Waals surface area contributed by atoms with Crippen molar-refractivity contribution in [3.05, 3.63) is 41.4 Å². The van der Waals surface area contributed by atoms with Gasteiger partial charge in [-0.05, 0) is 12.0 Å². The third-order valence-corrected chi connectivity index (χ3v) is 5.58. The number of carbonyl (C=O) groups is 1. The summed E-state index contributed by atoms with van der Waals surface area (Å²) in [7, 11) is 0. The summed E-state index contributed by atoms with van der Waals surface area (Å²) in [6, 6.07) is 1.10. The first kappa shape index (κ1) is 22.3. The van der Waals surface area contributed by atoms with E-state index in [4.69, 9.17) is 11.6 Å². The summed E-state index contributed by atoms with van der Waals surface area (Å²) in [6.07, 6.45) is 4.09. The van der Waals surface area contributed by atoms with Crippen molar-refractivity contribution in [3.8, 4) is 11.3 Å². The summed E-state index contributed by atoms with van der Waals surface area (Å²) in [6.45, 7) is 3.28. The van der Waals surface area contributed by atoms with Gasteiger partial charge in [0.1, 0.15) is 6.17 Å². The molecule has 0 spiro atoms. The first-order valence-corrected chi connectivity index (χ1v) is 10.6. The predicted molar refractivity (Wildman–Crippen MR) is 115 cm³/mol. The van der Waals surface area contributed by atoms with Crippen molar-refractivity contribution in [1.29, 1.82) is 0 Å². The Labute approximate surface area is 187 Å². The normalized spacial score (nSPS) is 16.7. The molecule has 1 saturated carbocycles. The summed E-state index contributed by atoms with van der Waals surface area (Å²) in [4.78, 5) is 21.3. The topological polar surface area (TPSA) is 84.2 Å². The van der Waals surface area contributed by atoms with Crippen LogP contribution < -0.4 is 10.6 Å². The van der Waals surface area contributed by atoms with Crippen LogP contribution in [0.2, 0.25) is 5.02 Å². The van der Waals surface area contributed by atoms with E-state index in [1.165, 1.54) is 16.9 Å². The summed E-state index contributed by atoms with van der Waals surface area (Å²) in [5.74, 6) is -3.51. The van der Waals surface area contributed by atoms with Crippen molar-refractivity contribution < 1.29 is 18.0 Å². The van der Waals surface area contributed by atoms with Gasteiger partial charge >= 0.3 is 0 Å². The number of rotatable bonds is 7. The molecule has 1 amide bonds. The number of nitrogens with zero attached hydrogens (tertiary/aromatic N) is 4. The number of aromatic nitrogens is 4. The van der Waals surface area contributed by atoms with E-state index in [-0.39, 0.29) is 30.9 Å². The second-order valence-electron chi connectivity index (χ2n) is 8.29. The Kier molecular flexibility index (Phi) is 5.98. The number of hydrogen-bond donors (Lipinski definition) is 2. The maximum atomic E-state index is 13.9. The Morgan fingerprint density at radius 3 is 2.72 bits per heavy atom. The summed E-state index contributed by atoms with van der Waals surface area (Å²) < 4.78 is 42.1. The lowest BCUT2D eigenvalue weighted by Crippen LogP contribution is -2.44. The van der Waals surface area contributed by atoms with Crippen molar-refractivity contribution >= 4 is 28.8 Å². The number of halogens is 4. The average Bonchev–Trinajstić information content (AvgIpc) is 3.13. The molecule has 4 rings (SSSR count). The fraction of sp³-hybridized carbons (Fsp3) is 0.429. The molecule has 1 aliphatic carbocycles. The molecule has 32 heavy (non-hydrogen) atoms. The third-order valence-electron chi connectivity index (χ3n) is 5.38. The van der Waals surface area contributed by atoms with E-state index in [1.54, 1.807) is 32.3 Å². The Balaban J connectivity index is 1.64. The Morgan fingerprint density at radius 1 is 1.28 bits per heavy atom. The zero-order chi connectivity index (χ0) is 23.0. The van der Waals surface area contributed by atoms with E-state index in [1.807, 2.05) is 0 Å². The van der Waals surface area contributed by atoms with Gasteiger partial charge in [-0.1, -0.05) is 25.4 Å². The van der Waals surface area contributed by atoms with E-state index in [2.05, 4.69) is 25.7 Å². The highest BCUT2D eigenvalue weighted by Gasteiger charge is 2.45. The third kappa shape index (κ3) is 4.64. The lowest BCUT2D eigenvalue weighted by molar-refractivity contribution is -0.0793. The molecule has 3 heterocycles. The molecular weight excluding hydrogens is 445 g/mol. The van der Waals surface area contributed by atoms with Crippen LogP contribution in [-0.2, 0) is 0 Å². The first-order chi connectivity index (χ1) is 15.1. The van der Waals surface area contributed by atoms with Crippen LogP contribution in [0.5, 0.6) is 0 Å². The molecule has 0 bridgehead atoms. The number of nitrogens with one attached hydrogen (secondary N) is 2. The molecule has 0 saturated heterocycles. The molecule has 0 aromatic carbocycles. The van der Waals surface area contributed by atoms with E-state index in [0.29, 0.717) is 27.6 Å². The fourth-order valence-electron chi connectivity index (χ4n) is 3.44. The lowest BCUT2D eigenvalue weighted by Gasteiger charge is -2.36. The Morgan fingerprint density at radius 2 is 2.03 bits per heavy atom. The minimum atomic E-state index is -2.72. The number of amides is 1. The molecule has 1 aliphatic rings. The largest absolute Gasteiger partial charge is 0.381 e. The maximum absolute atomic E-state index is 13.9. The molecule has 11 heteroatoms. The molecule has 1 fully saturated rings. The van der Waals surface area contributed by atoms with Gasteiger partial charge in [-0.2, -0.15) is 5.10 Å². The molecule has 7 nitrogen and oxygen atoms in total. The van der Waals surface area contributed by atoms with Gasteiger partial charge in [-0.15, -0.1) is 0 Å². The number of anilines is 1. The SMILES string of the molecule is CC(C)C(F)CNC(=O)c1cnc(-c2cnn3cc(Cl)cnc23)cc1NC1CC(F)(F)C1. The van der Waals surface area contributed by atoms with Crippen LogP contribution in [0, 0.1) is 5.92 Å². The van der Waals surface area contributed by atoms with Gasteiger partial charge in [0.2, 0.25) is 0 Å². The van der Waals surface area contributed by atoms with Crippen molar-refractivity contribution in [2.45, 2.75) is 44.8 Å². The Hall–Kier alpha value is -2.88. The number of alkyl halides is 3. The second-order valence-corrected chi connectivity index (χ2v) is 8.73. The zero-order valence-corrected chi connectivity index (χ0v) is 18.2. The first-order valence-electron chi connectivity index (χ1n) is 10.2. The summed E-state index contributed by atoms with van der Waals surface area (Å²) in [5, 5.41) is 10.2. The summed E-state index contributed by atoms with van der Waals surface area (Å²) in [5.41, 5.74) is 2.01. The standard InChI is InChI=1S/C21H22ClF3N6O/c1-11(2)16(23)9-28-20(32)15-7-26-17(3-18(15)30-13-4-21(24,25)5-13)14-8-29-31-10-12(22)6-27-19(14)31/h3,6-8,10-11,13,16H,4-5,9H2,1-2H3,(H,26,30)(H,28,32). The van der Waals surface area contributed by atoms with Gasteiger partial charge < -0.3 is 10.6 Å². The number of hydrogen-bond acceptors (Lipinski definition) is 5. The molecule has 3 aromatic heterocycles. The smallest absolute Gasteiger partial charge is 0.255 e. The van der Waals surface area contributed by atoms with Crippen LogP contribution in [0.25, 0.3) is 16.9 Å². The summed E-state index contributed by atoms with van der Waals surface area (Å²) >= 11 is 5.95. The van der Waals surface area contributed by atoms with Crippen molar-refractivity contribution in [1.82, 2.24) is 24.9 Å². The van der Waals surface area contributed by atoms with E-state index < -0.39 is 24.0 Å². The molecule has 1 atom stereocenters. The molecule has 0 aliphatic heterocycles. The maximum Gasteiger partial charge on any atom is 0.255 e. The van der Waals surface area contributed by atoms with Crippen LogP contribution in [0.15, 0.2) is 30.9 Å². The number of carbonyl (C=O) groups excluding carboxylic acids is 1. The van der Waals surface area contributed by atoms with Gasteiger partial charge in [0.15, 0.2) is 5.65 Å². The highest BCUT2D eigenvalue weighted by atomic mass is 35.5. The highest BCUT2D eigenvalue weighted by Crippen LogP contribution is 2.40. The van der Waals surface area contributed by atoms with Gasteiger partial charge in [0.05, 0.1) is 39.9 Å². The fourth-order valence-corrected chi connectivity index (χ4v) is 3.58. The van der Waals surface area contributed by atoms with Crippen molar-refractivity contribution in [2.24, 2.45) is 5.92 Å². The molecule has 2 N–H and O–H groups in total. The van der Waals surface area contributed by atoms with Crippen LogP contribution in [0.4, 0.5) is 18.9 Å². The quantitative estimate of drug-likeness (QED) is 0.540. The minimum Gasteiger partial charge on any atom is -0.381 e. The predicted octanol–water partition coefficient (Wildman–Crippen LogP) is 4.38. The zero-order valence-electron chi connectivity index (χ0n) is 17.4. The van der Waals surface area contributed by atoms with Gasteiger partial charge in [0.25, 0.3) is 11.8 Å². The van der Waals surface area contributed by atoms with E-state index in [9.17, 15) is 18.0 Å². The minimum absolute atomic E-state index is 0.146. The van der Waals surface area contributed by atoms with Crippen LogP contribution in [0.3, 0.4) is 0 Å². The van der Waals surface area contributed by atoms with Crippen molar-refractivity contribution in [2.75, 3.05) is 11.9 Å². The number of pyridine rings is 1. The Bertz CT molecular complexity index is 1140. The van der Waals surface area contributed by atoms with Crippen molar-refractivity contribution in [3.63, 3.8) is 0 Å². The molecule has 0 radical (unpaired) electrons. The van der Waals surface area contributed by atoms with Gasteiger partial charge in [0, 0.05) is 37.8 Å². The molecule has 170 valence electrons. The second kappa shape index (κ2) is 8.57. The monoisotopic (exact) mass is 466 g/mol.